The summed E-state index contributed by atoms with van der Waals surface area (Å²) in [6, 6.07) is 10.9. The highest BCUT2D eigenvalue weighted by molar-refractivity contribution is 6.36. The molecule has 1 heterocycles. The van der Waals surface area contributed by atoms with Crippen molar-refractivity contribution in [1.82, 2.24) is 4.90 Å². The maximum absolute atomic E-state index is 13.4. The van der Waals surface area contributed by atoms with Crippen molar-refractivity contribution in [3.8, 4) is 0 Å². The zero-order chi connectivity index (χ0) is 21.5. The Hall–Kier alpha value is -3.06. The van der Waals surface area contributed by atoms with E-state index in [0.29, 0.717) is 30.9 Å². The predicted octanol–water partition coefficient (Wildman–Crippen LogP) is 4.36. The zero-order valence-corrected chi connectivity index (χ0v) is 16.8. The molecule has 158 valence electrons. The third kappa shape index (κ3) is 5.10. The van der Waals surface area contributed by atoms with Gasteiger partial charge in [-0.2, -0.15) is 0 Å². The predicted molar refractivity (Wildman–Crippen MR) is 110 cm³/mol. The number of rotatable bonds is 10. The van der Waals surface area contributed by atoms with E-state index in [4.69, 9.17) is 4.74 Å². The number of carbonyl (C=O) groups excluding carboxylic acids is 2. The summed E-state index contributed by atoms with van der Waals surface area (Å²) in [5.74, 6) is -1.78. The Morgan fingerprint density at radius 3 is 2.10 bits per heavy atom. The maximum atomic E-state index is 13.4. The molecule has 2 aromatic rings. The van der Waals surface area contributed by atoms with E-state index in [-0.39, 0.29) is 17.8 Å². The van der Waals surface area contributed by atoms with Crippen molar-refractivity contribution in [2.24, 2.45) is 0 Å². The summed E-state index contributed by atoms with van der Waals surface area (Å²) >= 11 is 0. The molecule has 0 saturated carbocycles. The van der Waals surface area contributed by atoms with Gasteiger partial charge in [-0.05, 0) is 54.8 Å². The van der Waals surface area contributed by atoms with E-state index in [1.807, 2.05) is 0 Å². The topological polar surface area (TPSA) is 58.6 Å². The lowest BCUT2D eigenvalue weighted by atomic mass is 10.0. The van der Waals surface area contributed by atoms with Crippen molar-refractivity contribution < 1.29 is 23.1 Å². The summed E-state index contributed by atoms with van der Waals surface area (Å²) in [5, 5.41) is 2.94. The minimum absolute atomic E-state index is 0.0881. The highest BCUT2D eigenvalue weighted by Crippen LogP contribution is 2.30. The van der Waals surface area contributed by atoms with Crippen LogP contribution in [0.25, 0.3) is 5.57 Å². The largest absolute Gasteiger partial charge is 0.381 e. The van der Waals surface area contributed by atoms with E-state index in [0.717, 1.165) is 17.7 Å². The SMILES string of the molecule is CCCCOCCCN1C(=O)C(Nc2ccc(F)cc2)=C(c2ccc(F)cc2)C1=O. The van der Waals surface area contributed by atoms with Crippen LogP contribution in [-0.2, 0) is 14.3 Å². The van der Waals surface area contributed by atoms with Crippen molar-refractivity contribution in [3.05, 3.63) is 71.4 Å². The summed E-state index contributed by atoms with van der Waals surface area (Å²) in [6.45, 7) is 3.38. The van der Waals surface area contributed by atoms with Gasteiger partial charge in [0.1, 0.15) is 17.3 Å². The van der Waals surface area contributed by atoms with Gasteiger partial charge in [0.2, 0.25) is 0 Å². The second-order valence-corrected chi connectivity index (χ2v) is 6.97. The minimum Gasteiger partial charge on any atom is -0.381 e. The van der Waals surface area contributed by atoms with Gasteiger partial charge in [-0.3, -0.25) is 14.5 Å². The Morgan fingerprint density at radius 2 is 1.47 bits per heavy atom. The van der Waals surface area contributed by atoms with Gasteiger partial charge in [-0.15, -0.1) is 0 Å². The molecule has 30 heavy (non-hydrogen) atoms. The number of benzene rings is 2. The molecular formula is C23H24F2N2O3. The number of ether oxygens (including phenoxy) is 1. The number of carbonyl (C=O) groups is 2. The number of unbranched alkanes of at least 4 members (excludes halogenated alkanes) is 1. The molecule has 0 aromatic heterocycles. The Balaban J connectivity index is 1.81. The molecule has 0 unspecified atom stereocenters. The minimum atomic E-state index is -0.475. The average molecular weight is 414 g/mol. The highest BCUT2D eigenvalue weighted by atomic mass is 19.1. The van der Waals surface area contributed by atoms with Gasteiger partial charge in [-0.1, -0.05) is 25.5 Å². The van der Waals surface area contributed by atoms with Crippen LogP contribution in [0.4, 0.5) is 14.5 Å². The van der Waals surface area contributed by atoms with Crippen LogP contribution in [0.3, 0.4) is 0 Å². The van der Waals surface area contributed by atoms with Crippen molar-refractivity contribution in [3.63, 3.8) is 0 Å². The summed E-state index contributed by atoms with van der Waals surface area (Å²) in [6.07, 6.45) is 2.51. The van der Waals surface area contributed by atoms with E-state index in [2.05, 4.69) is 12.2 Å². The number of halogens is 2. The van der Waals surface area contributed by atoms with Gasteiger partial charge in [0.15, 0.2) is 0 Å². The van der Waals surface area contributed by atoms with Crippen molar-refractivity contribution in [1.29, 1.82) is 0 Å². The van der Waals surface area contributed by atoms with Gasteiger partial charge in [0.25, 0.3) is 11.8 Å². The van der Waals surface area contributed by atoms with Gasteiger partial charge < -0.3 is 10.1 Å². The van der Waals surface area contributed by atoms with Gasteiger partial charge in [-0.25, -0.2) is 8.78 Å². The van der Waals surface area contributed by atoms with E-state index in [9.17, 15) is 18.4 Å². The molecule has 2 amide bonds. The van der Waals surface area contributed by atoms with Gasteiger partial charge in [0, 0.05) is 25.4 Å². The van der Waals surface area contributed by atoms with E-state index < -0.39 is 23.4 Å². The molecular weight excluding hydrogens is 390 g/mol. The van der Waals surface area contributed by atoms with Crippen molar-refractivity contribution >= 4 is 23.1 Å². The zero-order valence-electron chi connectivity index (χ0n) is 16.8. The molecule has 0 radical (unpaired) electrons. The van der Waals surface area contributed by atoms with Gasteiger partial charge in [0.05, 0.1) is 5.57 Å². The molecule has 0 aliphatic carbocycles. The molecule has 3 rings (SSSR count). The first kappa shape index (κ1) is 21.6. The number of anilines is 1. The fourth-order valence-corrected chi connectivity index (χ4v) is 3.13. The Bertz CT molecular complexity index is 924. The summed E-state index contributed by atoms with van der Waals surface area (Å²) in [4.78, 5) is 27.2. The van der Waals surface area contributed by atoms with Crippen LogP contribution in [0, 0.1) is 11.6 Å². The lowest BCUT2D eigenvalue weighted by molar-refractivity contribution is -0.137. The van der Waals surface area contributed by atoms with Crippen molar-refractivity contribution in [2.45, 2.75) is 26.2 Å². The monoisotopic (exact) mass is 414 g/mol. The van der Waals surface area contributed by atoms with E-state index in [1.165, 1.54) is 48.5 Å². The standard InChI is InChI=1S/C23H24F2N2O3/c1-2-3-14-30-15-4-13-27-22(28)20(16-5-7-17(24)8-6-16)21(23(27)29)26-19-11-9-18(25)10-12-19/h5-12,26H,2-4,13-15H2,1H3. The van der Waals surface area contributed by atoms with Crippen LogP contribution < -0.4 is 5.32 Å². The van der Waals surface area contributed by atoms with Crippen LogP contribution in [0.5, 0.6) is 0 Å². The highest BCUT2D eigenvalue weighted by Gasteiger charge is 2.38. The summed E-state index contributed by atoms with van der Waals surface area (Å²) in [7, 11) is 0. The molecule has 0 atom stereocenters. The number of hydrogen-bond acceptors (Lipinski definition) is 4. The van der Waals surface area contributed by atoms with E-state index in [1.54, 1.807) is 0 Å². The van der Waals surface area contributed by atoms with Crippen LogP contribution in [0.2, 0.25) is 0 Å². The first-order valence-corrected chi connectivity index (χ1v) is 9.98. The second kappa shape index (κ2) is 10.1. The molecule has 5 nitrogen and oxygen atoms in total. The smallest absolute Gasteiger partial charge is 0.278 e. The molecule has 1 aliphatic heterocycles. The number of hydrogen-bond donors (Lipinski definition) is 1. The Kier molecular flexibility index (Phi) is 7.30. The fraction of sp³-hybridized carbons (Fsp3) is 0.304. The summed E-state index contributed by atoms with van der Waals surface area (Å²) < 4.78 is 32.1. The molecule has 0 bridgehead atoms. The molecule has 0 saturated heterocycles. The number of nitrogens with zero attached hydrogens (tertiary/aromatic N) is 1. The van der Waals surface area contributed by atoms with Gasteiger partial charge >= 0.3 is 0 Å². The quantitative estimate of drug-likeness (QED) is 0.464. The first-order valence-electron chi connectivity index (χ1n) is 9.98. The molecule has 1 aliphatic rings. The molecule has 2 aromatic carbocycles. The van der Waals surface area contributed by atoms with Crippen molar-refractivity contribution in [2.75, 3.05) is 25.1 Å². The summed E-state index contributed by atoms with van der Waals surface area (Å²) in [5.41, 5.74) is 1.15. The fourth-order valence-electron chi connectivity index (χ4n) is 3.13. The number of imide groups is 1. The third-order valence-electron chi connectivity index (χ3n) is 4.73. The normalized spacial score (nSPS) is 14.0. The van der Waals surface area contributed by atoms with Crippen LogP contribution in [0.1, 0.15) is 31.7 Å². The first-order chi connectivity index (χ1) is 14.5. The Morgan fingerprint density at radius 1 is 0.867 bits per heavy atom. The number of nitrogens with one attached hydrogen (secondary N) is 1. The van der Waals surface area contributed by atoms with Crippen LogP contribution >= 0.6 is 0 Å². The third-order valence-corrected chi connectivity index (χ3v) is 4.73. The Labute approximate surface area is 174 Å². The molecule has 7 heteroatoms. The average Bonchev–Trinajstić information content (AvgIpc) is 2.97. The molecule has 0 spiro atoms. The second-order valence-electron chi connectivity index (χ2n) is 6.97. The molecule has 1 N–H and O–H groups in total. The lowest BCUT2D eigenvalue weighted by Gasteiger charge is -2.15. The number of amides is 2. The maximum Gasteiger partial charge on any atom is 0.278 e. The van der Waals surface area contributed by atoms with E-state index >= 15 is 0 Å². The lowest BCUT2D eigenvalue weighted by Crippen LogP contribution is -2.34. The van der Waals surface area contributed by atoms with Crippen LogP contribution in [-0.4, -0.2) is 36.5 Å². The van der Waals surface area contributed by atoms with Crippen LogP contribution in [0.15, 0.2) is 54.2 Å². The molecule has 0 fully saturated rings.